The number of pyridine rings is 1. The van der Waals surface area contributed by atoms with Crippen LogP contribution in [0.3, 0.4) is 0 Å². The first-order valence-electron chi connectivity index (χ1n) is 10.6. The van der Waals surface area contributed by atoms with Crippen LogP contribution in [0.4, 0.5) is 11.4 Å². The minimum absolute atomic E-state index is 0.161. The molecule has 0 spiro atoms. The van der Waals surface area contributed by atoms with Gasteiger partial charge in [-0.15, -0.1) is 22.7 Å². The molecule has 0 atom stereocenters. The van der Waals surface area contributed by atoms with Gasteiger partial charge in [0.25, 0.3) is 5.91 Å². The lowest BCUT2D eigenvalue weighted by molar-refractivity contribution is 0.103. The number of aryl methyl sites for hydroxylation is 4. The fraction of sp³-hybridized carbons (Fsp3) is 0.280. The van der Waals surface area contributed by atoms with Gasteiger partial charge in [-0.25, -0.2) is 4.98 Å². The average Bonchev–Trinajstić information content (AvgIpc) is 3.37. The van der Waals surface area contributed by atoms with E-state index in [0.717, 1.165) is 46.3 Å². The number of nitrogens with one attached hydrogen (secondary N) is 1. The van der Waals surface area contributed by atoms with E-state index in [0.29, 0.717) is 10.6 Å². The molecule has 1 aliphatic rings. The van der Waals surface area contributed by atoms with Gasteiger partial charge in [-0.05, 0) is 74.6 Å². The number of carbonyl (C=O) groups excluding carboxylic acids is 1. The van der Waals surface area contributed by atoms with Crippen molar-refractivity contribution < 1.29 is 4.79 Å². The van der Waals surface area contributed by atoms with Crippen LogP contribution < -0.4 is 11.1 Å². The van der Waals surface area contributed by atoms with Crippen LogP contribution in [0.2, 0.25) is 0 Å². The Kier molecular flexibility index (Phi) is 5.07. The Bertz CT molecular complexity index is 1300. The van der Waals surface area contributed by atoms with E-state index >= 15 is 0 Å². The van der Waals surface area contributed by atoms with Crippen molar-refractivity contribution in [1.29, 1.82) is 0 Å². The van der Waals surface area contributed by atoms with Gasteiger partial charge in [-0.3, -0.25) is 4.79 Å². The van der Waals surface area contributed by atoms with E-state index in [4.69, 9.17) is 10.7 Å². The predicted octanol–water partition coefficient (Wildman–Crippen LogP) is 6.66. The number of amides is 1. The van der Waals surface area contributed by atoms with E-state index < -0.39 is 0 Å². The largest absolute Gasteiger partial charge is 0.397 e. The number of nitrogens with zero attached hydrogens (tertiary/aromatic N) is 1. The van der Waals surface area contributed by atoms with Crippen LogP contribution in [-0.4, -0.2) is 10.9 Å². The van der Waals surface area contributed by atoms with E-state index in [1.807, 2.05) is 13.8 Å². The Morgan fingerprint density at radius 3 is 2.58 bits per heavy atom. The van der Waals surface area contributed by atoms with Crippen molar-refractivity contribution in [3.8, 4) is 10.4 Å². The zero-order chi connectivity index (χ0) is 21.7. The van der Waals surface area contributed by atoms with Crippen molar-refractivity contribution in [2.45, 2.75) is 46.5 Å². The number of thiophene rings is 2. The number of hydrogen-bond donors (Lipinski definition) is 2. The van der Waals surface area contributed by atoms with Crippen LogP contribution in [-0.2, 0) is 12.8 Å². The van der Waals surface area contributed by atoms with Gasteiger partial charge in [0.05, 0.1) is 5.69 Å². The Labute approximate surface area is 190 Å². The first kappa shape index (κ1) is 20.2. The molecule has 3 N–H and O–H groups in total. The van der Waals surface area contributed by atoms with Gasteiger partial charge in [-0.2, -0.15) is 0 Å². The number of nitrogens with two attached hydrogens (primary N) is 1. The molecule has 4 nitrogen and oxygen atoms in total. The number of carbonyl (C=O) groups is 1. The van der Waals surface area contributed by atoms with E-state index in [1.54, 1.807) is 11.3 Å². The Balaban J connectivity index is 1.65. The summed E-state index contributed by atoms with van der Waals surface area (Å²) < 4.78 is 0. The third-order valence-corrected chi connectivity index (χ3v) is 8.03. The number of fused-ring (bicyclic) bond motifs is 2. The second-order valence-electron chi connectivity index (χ2n) is 8.35. The Morgan fingerprint density at radius 2 is 1.87 bits per heavy atom. The molecule has 158 valence electrons. The topological polar surface area (TPSA) is 68.0 Å². The molecule has 3 aromatic heterocycles. The molecule has 0 radical (unpaired) electrons. The fourth-order valence-corrected chi connectivity index (χ4v) is 6.54. The van der Waals surface area contributed by atoms with Crippen LogP contribution >= 0.6 is 22.7 Å². The quantitative estimate of drug-likeness (QED) is 0.369. The highest BCUT2D eigenvalue weighted by Crippen LogP contribution is 2.45. The highest BCUT2D eigenvalue weighted by molar-refractivity contribution is 7.21. The highest BCUT2D eigenvalue weighted by Gasteiger charge is 2.26. The second kappa shape index (κ2) is 7.77. The maximum atomic E-state index is 13.3. The molecule has 0 saturated carbocycles. The number of hydrogen-bond acceptors (Lipinski definition) is 5. The third-order valence-electron chi connectivity index (χ3n) is 6.04. The zero-order valence-electron chi connectivity index (χ0n) is 18.0. The molecule has 0 fully saturated rings. The van der Waals surface area contributed by atoms with Crippen LogP contribution in [0.5, 0.6) is 0 Å². The maximum Gasteiger partial charge on any atom is 0.267 e. The number of benzene rings is 1. The third kappa shape index (κ3) is 3.44. The predicted molar refractivity (Wildman–Crippen MR) is 133 cm³/mol. The number of nitrogen functional groups attached to an aromatic ring is 1. The summed E-state index contributed by atoms with van der Waals surface area (Å²) in [6.07, 6.45) is 4.34. The van der Waals surface area contributed by atoms with Gasteiger partial charge in [0.1, 0.15) is 9.71 Å². The summed E-state index contributed by atoms with van der Waals surface area (Å²) in [7, 11) is 0. The number of anilines is 2. The second-order valence-corrected chi connectivity index (χ2v) is 10.3. The molecular weight excluding hydrogens is 422 g/mol. The monoisotopic (exact) mass is 447 g/mol. The zero-order valence-corrected chi connectivity index (χ0v) is 19.6. The van der Waals surface area contributed by atoms with Gasteiger partial charge < -0.3 is 11.1 Å². The summed E-state index contributed by atoms with van der Waals surface area (Å²) >= 11 is 3.13. The molecule has 1 aromatic carbocycles. The summed E-state index contributed by atoms with van der Waals surface area (Å²) in [6, 6.07) is 8.38. The van der Waals surface area contributed by atoms with Crippen molar-refractivity contribution in [2.75, 3.05) is 11.1 Å². The van der Waals surface area contributed by atoms with Crippen molar-refractivity contribution in [1.82, 2.24) is 4.98 Å². The molecule has 1 amide bonds. The van der Waals surface area contributed by atoms with Crippen molar-refractivity contribution in [2.24, 2.45) is 0 Å². The minimum Gasteiger partial charge on any atom is -0.397 e. The minimum atomic E-state index is -0.161. The molecule has 3 heterocycles. The molecule has 31 heavy (non-hydrogen) atoms. The summed E-state index contributed by atoms with van der Waals surface area (Å²) in [5.74, 6) is -0.161. The fourth-order valence-electron chi connectivity index (χ4n) is 4.72. The molecule has 0 bridgehead atoms. The van der Waals surface area contributed by atoms with Crippen molar-refractivity contribution in [3.63, 3.8) is 0 Å². The lowest BCUT2D eigenvalue weighted by Gasteiger charge is -2.19. The van der Waals surface area contributed by atoms with E-state index in [1.165, 1.54) is 45.0 Å². The SMILES string of the molecule is Cc1cc(C)c(NC(=O)c2sc3nc4c(c(-c5cccs5)c3c2N)CCCC4)c(C)c1. The molecule has 6 heteroatoms. The van der Waals surface area contributed by atoms with E-state index in [9.17, 15) is 4.79 Å². The molecule has 5 rings (SSSR count). The Morgan fingerprint density at radius 1 is 1.13 bits per heavy atom. The summed E-state index contributed by atoms with van der Waals surface area (Å²) in [4.78, 5) is 20.9. The van der Waals surface area contributed by atoms with Gasteiger partial charge >= 0.3 is 0 Å². The standard InChI is InChI=1S/C25H25N3OS2/c1-13-11-14(2)22(15(3)12-13)28-24(29)23-21(26)20-19(18-9-6-10-30-18)16-7-4-5-8-17(16)27-25(20)31-23/h6,9-12H,4-5,7-8,26H2,1-3H3,(H,28,29). The molecule has 0 aliphatic heterocycles. The van der Waals surface area contributed by atoms with Crippen LogP contribution in [0, 0.1) is 20.8 Å². The van der Waals surface area contributed by atoms with Gasteiger partial charge in [-0.1, -0.05) is 23.8 Å². The van der Waals surface area contributed by atoms with Crippen molar-refractivity contribution >= 4 is 50.2 Å². The van der Waals surface area contributed by atoms with Crippen LogP contribution in [0.15, 0.2) is 29.6 Å². The normalized spacial score (nSPS) is 13.4. The molecular formula is C25H25N3OS2. The summed E-state index contributed by atoms with van der Waals surface area (Å²) in [5, 5.41) is 6.15. The molecule has 1 aliphatic carbocycles. The van der Waals surface area contributed by atoms with Crippen LogP contribution in [0.1, 0.15) is 50.5 Å². The first-order chi connectivity index (χ1) is 14.9. The van der Waals surface area contributed by atoms with Crippen molar-refractivity contribution in [3.05, 3.63) is 62.5 Å². The molecule has 4 aromatic rings. The number of rotatable bonds is 3. The lowest BCUT2D eigenvalue weighted by Crippen LogP contribution is -2.14. The van der Waals surface area contributed by atoms with Gasteiger partial charge in [0.15, 0.2) is 0 Å². The van der Waals surface area contributed by atoms with E-state index in [2.05, 4.69) is 41.9 Å². The summed E-state index contributed by atoms with van der Waals surface area (Å²) in [6.45, 7) is 6.11. The van der Waals surface area contributed by atoms with Crippen LogP contribution in [0.25, 0.3) is 20.7 Å². The smallest absolute Gasteiger partial charge is 0.267 e. The Hall–Kier alpha value is -2.70. The molecule has 0 unspecified atom stereocenters. The average molecular weight is 448 g/mol. The molecule has 0 saturated heterocycles. The highest BCUT2D eigenvalue weighted by atomic mass is 32.1. The first-order valence-corrected chi connectivity index (χ1v) is 12.3. The summed E-state index contributed by atoms with van der Waals surface area (Å²) in [5.41, 5.74) is 15.0. The van der Waals surface area contributed by atoms with Gasteiger partial charge in [0, 0.05) is 27.2 Å². The number of aromatic nitrogens is 1. The lowest BCUT2D eigenvalue weighted by atomic mass is 9.90. The maximum absolute atomic E-state index is 13.3. The van der Waals surface area contributed by atoms with E-state index in [-0.39, 0.29) is 5.91 Å². The van der Waals surface area contributed by atoms with Gasteiger partial charge in [0.2, 0.25) is 0 Å².